The van der Waals surface area contributed by atoms with E-state index in [1.807, 2.05) is 0 Å². The van der Waals surface area contributed by atoms with Gasteiger partial charge in [0.2, 0.25) is 0 Å². The number of carboxylic acids is 1. The summed E-state index contributed by atoms with van der Waals surface area (Å²) in [5.74, 6) is -0.983. The number of rotatable bonds is 3. The average molecular weight is 269 g/mol. The van der Waals surface area contributed by atoms with E-state index in [0.717, 1.165) is 19.5 Å². The molecule has 2 saturated heterocycles. The van der Waals surface area contributed by atoms with Crippen LogP contribution in [0.15, 0.2) is 0 Å². The van der Waals surface area contributed by atoms with Gasteiger partial charge in [0, 0.05) is 25.7 Å². The molecule has 0 bridgehead atoms. The summed E-state index contributed by atoms with van der Waals surface area (Å²) in [5.41, 5.74) is -1.18. The number of carbonyl (C=O) groups excluding carboxylic acids is 1. The third-order valence-electron chi connectivity index (χ3n) is 4.44. The van der Waals surface area contributed by atoms with Crippen LogP contribution in [0.25, 0.3) is 0 Å². The van der Waals surface area contributed by atoms with Gasteiger partial charge in [-0.3, -0.25) is 4.90 Å². The molecular formula is C13H23N3O3. The van der Waals surface area contributed by atoms with Crippen LogP contribution >= 0.6 is 0 Å². The maximum atomic E-state index is 12.2. The Kier molecular flexibility index (Phi) is 3.99. The Morgan fingerprint density at radius 2 is 2.11 bits per heavy atom. The monoisotopic (exact) mass is 269 g/mol. The van der Waals surface area contributed by atoms with Crippen LogP contribution in [-0.2, 0) is 4.79 Å². The smallest absolute Gasteiger partial charge is 0.329 e. The van der Waals surface area contributed by atoms with E-state index in [2.05, 4.69) is 10.2 Å². The van der Waals surface area contributed by atoms with Crippen molar-refractivity contribution in [3.63, 3.8) is 0 Å². The fourth-order valence-corrected chi connectivity index (χ4v) is 2.78. The summed E-state index contributed by atoms with van der Waals surface area (Å²) < 4.78 is 0. The fourth-order valence-electron chi connectivity index (χ4n) is 2.78. The zero-order chi connectivity index (χ0) is 14.0. The molecule has 0 aromatic heterocycles. The van der Waals surface area contributed by atoms with Crippen molar-refractivity contribution < 1.29 is 14.7 Å². The number of urea groups is 1. The molecule has 2 amide bonds. The number of piperazine rings is 1. The first-order chi connectivity index (χ1) is 8.96. The largest absolute Gasteiger partial charge is 0.480 e. The Labute approximate surface area is 113 Å². The van der Waals surface area contributed by atoms with E-state index in [0.29, 0.717) is 25.6 Å². The van der Waals surface area contributed by atoms with Crippen LogP contribution in [-0.4, -0.2) is 64.7 Å². The molecule has 0 radical (unpaired) electrons. The quantitative estimate of drug-likeness (QED) is 0.792. The van der Waals surface area contributed by atoms with Crippen molar-refractivity contribution in [1.82, 2.24) is 15.1 Å². The molecule has 0 saturated carbocycles. The second-order valence-electron chi connectivity index (χ2n) is 5.70. The zero-order valence-corrected chi connectivity index (χ0v) is 11.7. The van der Waals surface area contributed by atoms with Crippen LogP contribution in [0.1, 0.15) is 33.1 Å². The van der Waals surface area contributed by atoms with Crippen LogP contribution in [0.3, 0.4) is 0 Å². The molecule has 0 aromatic rings. The first-order valence-corrected chi connectivity index (χ1v) is 7.01. The lowest BCUT2D eigenvalue weighted by Crippen LogP contribution is -2.60. The van der Waals surface area contributed by atoms with Gasteiger partial charge in [0.05, 0.1) is 0 Å². The van der Waals surface area contributed by atoms with Crippen LogP contribution in [0.5, 0.6) is 0 Å². The van der Waals surface area contributed by atoms with Crippen LogP contribution in [0.4, 0.5) is 4.79 Å². The molecule has 6 heteroatoms. The van der Waals surface area contributed by atoms with Gasteiger partial charge >= 0.3 is 12.0 Å². The summed E-state index contributed by atoms with van der Waals surface area (Å²) >= 11 is 0. The maximum Gasteiger partial charge on any atom is 0.329 e. The standard InChI is InChI=1S/C13H23N3O3/c1-3-13(2,11(17)18)14-12(19)16-8-7-15-6-4-5-10(15)9-16/h10H,3-9H2,1-2H3,(H,14,19)(H,17,18). The zero-order valence-electron chi connectivity index (χ0n) is 11.7. The number of fused-ring (bicyclic) bond motifs is 1. The summed E-state index contributed by atoms with van der Waals surface area (Å²) in [5, 5.41) is 11.8. The van der Waals surface area contributed by atoms with Gasteiger partial charge < -0.3 is 15.3 Å². The van der Waals surface area contributed by atoms with E-state index in [-0.39, 0.29) is 6.03 Å². The lowest BCUT2D eigenvalue weighted by Gasteiger charge is -2.38. The second kappa shape index (κ2) is 5.36. The van der Waals surface area contributed by atoms with Crippen molar-refractivity contribution in [2.45, 2.75) is 44.7 Å². The van der Waals surface area contributed by atoms with E-state index in [9.17, 15) is 14.7 Å². The molecule has 2 atom stereocenters. The van der Waals surface area contributed by atoms with E-state index in [1.54, 1.807) is 18.7 Å². The molecule has 2 heterocycles. The van der Waals surface area contributed by atoms with Crippen LogP contribution < -0.4 is 5.32 Å². The summed E-state index contributed by atoms with van der Waals surface area (Å²) in [6.45, 7) is 6.74. The molecule has 6 nitrogen and oxygen atoms in total. The molecule has 108 valence electrons. The Balaban J connectivity index is 1.95. The highest BCUT2D eigenvalue weighted by Gasteiger charge is 2.37. The number of amides is 2. The van der Waals surface area contributed by atoms with Gasteiger partial charge in [-0.05, 0) is 32.7 Å². The van der Waals surface area contributed by atoms with E-state index >= 15 is 0 Å². The predicted molar refractivity (Wildman–Crippen MR) is 71.0 cm³/mol. The molecule has 2 N–H and O–H groups in total. The van der Waals surface area contributed by atoms with Crippen molar-refractivity contribution in [2.75, 3.05) is 26.2 Å². The van der Waals surface area contributed by atoms with Gasteiger partial charge in [-0.2, -0.15) is 0 Å². The molecule has 2 aliphatic heterocycles. The lowest BCUT2D eigenvalue weighted by atomic mass is 9.99. The number of aliphatic carboxylic acids is 1. The SMILES string of the molecule is CCC(C)(NC(=O)N1CCN2CCCC2C1)C(=O)O. The normalized spacial score (nSPS) is 26.6. The summed E-state index contributed by atoms with van der Waals surface area (Å²) in [7, 11) is 0. The number of carboxylic acid groups (broad SMARTS) is 1. The highest BCUT2D eigenvalue weighted by molar-refractivity contribution is 5.85. The van der Waals surface area contributed by atoms with Crippen molar-refractivity contribution >= 4 is 12.0 Å². The molecule has 0 spiro atoms. The molecule has 2 fully saturated rings. The minimum absolute atomic E-state index is 0.252. The van der Waals surface area contributed by atoms with Crippen molar-refractivity contribution in [1.29, 1.82) is 0 Å². The maximum absolute atomic E-state index is 12.2. The van der Waals surface area contributed by atoms with E-state index < -0.39 is 11.5 Å². The molecular weight excluding hydrogens is 246 g/mol. The van der Waals surface area contributed by atoms with Crippen LogP contribution in [0.2, 0.25) is 0 Å². The summed E-state index contributed by atoms with van der Waals surface area (Å²) in [6, 6.07) is 0.204. The van der Waals surface area contributed by atoms with Gasteiger partial charge in [-0.1, -0.05) is 6.92 Å². The van der Waals surface area contributed by atoms with Crippen molar-refractivity contribution in [2.24, 2.45) is 0 Å². The molecule has 2 rings (SSSR count). The number of hydrogen-bond acceptors (Lipinski definition) is 3. The summed E-state index contributed by atoms with van der Waals surface area (Å²) in [6.07, 6.45) is 2.70. The highest BCUT2D eigenvalue weighted by Crippen LogP contribution is 2.22. The Bertz CT molecular complexity index is 374. The topological polar surface area (TPSA) is 72.9 Å². The van der Waals surface area contributed by atoms with Crippen molar-refractivity contribution in [3.05, 3.63) is 0 Å². The van der Waals surface area contributed by atoms with Gasteiger partial charge in [0.25, 0.3) is 0 Å². The molecule has 2 unspecified atom stereocenters. The van der Waals surface area contributed by atoms with Gasteiger partial charge in [0.15, 0.2) is 0 Å². The Morgan fingerprint density at radius 3 is 2.74 bits per heavy atom. The first kappa shape index (κ1) is 14.1. The Morgan fingerprint density at radius 1 is 1.37 bits per heavy atom. The third kappa shape index (κ3) is 2.83. The van der Waals surface area contributed by atoms with E-state index in [1.165, 1.54) is 6.42 Å². The minimum atomic E-state index is -1.18. The third-order valence-corrected chi connectivity index (χ3v) is 4.44. The van der Waals surface area contributed by atoms with E-state index in [4.69, 9.17) is 0 Å². The van der Waals surface area contributed by atoms with Gasteiger partial charge in [-0.15, -0.1) is 0 Å². The number of hydrogen-bond donors (Lipinski definition) is 2. The van der Waals surface area contributed by atoms with Crippen molar-refractivity contribution in [3.8, 4) is 0 Å². The molecule has 0 aliphatic carbocycles. The number of nitrogens with zero attached hydrogens (tertiary/aromatic N) is 2. The predicted octanol–water partition coefficient (Wildman–Crippen LogP) is 0.729. The fraction of sp³-hybridized carbons (Fsp3) is 0.846. The lowest BCUT2D eigenvalue weighted by molar-refractivity contribution is -0.143. The molecule has 2 aliphatic rings. The van der Waals surface area contributed by atoms with Gasteiger partial charge in [-0.25, -0.2) is 9.59 Å². The number of nitrogens with one attached hydrogen (secondary N) is 1. The highest BCUT2D eigenvalue weighted by atomic mass is 16.4. The average Bonchev–Trinajstić information content (AvgIpc) is 2.85. The molecule has 19 heavy (non-hydrogen) atoms. The number of carbonyl (C=O) groups is 2. The van der Waals surface area contributed by atoms with Crippen LogP contribution in [0, 0.1) is 0 Å². The summed E-state index contributed by atoms with van der Waals surface area (Å²) in [4.78, 5) is 27.6. The Hall–Kier alpha value is -1.30. The second-order valence-corrected chi connectivity index (χ2v) is 5.70. The minimum Gasteiger partial charge on any atom is -0.480 e. The molecule has 0 aromatic carbocycles. The van der Waals surface area contributed by atoms with Gasteiger partial charge in [0.1, 0.15) is 5.54 Å². The first-order valence-electron chi connectivity index (χ1n) is 7.01.